The maximum Gasteiger partial charge on any atom is 0.0839 e. The van der Waals surface area contributed by atoms with Gasteiger partial charge < -0.3 is 10.6 Å². The summed E-state index contributed by atoms with van der Waals surface area (Å²) in [4.78, 5) is 6.39. The molecule has 0 saturated heterocycles. The molecule has 0 amide bonds. The molecule has 0 aliphatic carbocycles. The lowest BCUT2D eigenvalue weighted by atomic mass is 10.1. The smallest absolute Gasteiger partial charge is 0.0839 e. The van der Waals surface area contributed by atoms with Gasteiger partial charge in [0.25, 0.3) is 0 Å². The van der Waals surface area contributed by atoms with E-state index in [-0.39, 0.29) is 12.1 Å². The van der Waals surface area contributed by atoms with Crippen LogP contribution in [0.4, 0.5) is 0 Å². The molecule has 2 N–H and O–H groups in total. The van der Waals surface area contributed by atoms with Gasteiger partial charge in [-0.05, 0) is 35.0 Å². The van der Waals surface area contributed by atoms with E-state index in [4.69, 9.17) is 10.6 Å². The average molecular weight is 279 g/mol. The van der Waals surface area contributed by atoms with Crippen molar-refractivity contribution < 1.29 is 4.84 Å². The second kappa shape index (κ2) is 5.23. The molecular weight excluding hydrogens is 264 g/mol. The molecule has 2 atom stereocenters. The summed E-state index contributed by atoms with van der Waals surface area (Å²) in [6, 6.07) is 4.23. The predicted octanol–water partition coefficient (Wildman–Crippen LogP) is 2.39. The van der Waals surface area contributed by atoms with E-state index in [0.29, 0.717) is 0 Å². The molecule has 1 heterocycles. The summed E-state index contributed by atoms with van der Waals surface area (Å²) < 4.78 is 1.11. The Morgan fingerprint density at radius 1 is 1.57 bits per heavy atom. The van der Waals surface area contributed by atoms with Crippen LogP contribution in [-0.4, -0.2) is 25.3 Å². The molecule has 1 rings (SSSR count). The lowest BCUT2D eigenvalue weighted by molar-refractivity contribution is -0.146. The lowest BCUT2D eigenvalue weighted by Gasteiger charge is -2.27. The molecule has 0 aliphatic rings. The number of halogens is 1. The second-order valence-corrected chi connectivity index (χ2v) is 5.67. The van der Waals surface area contributed by atoms with Crippen molar-refractivity contribution in [3.63, 3.8) is 0 Å². The Bertz CT molecular complexity index is 290. The number of likely N-dealkylation sites (N-methyl/N-ethyl adjacent to an activating group) is 1. The Balaban J connectivity index is 2.88. The van der Waals surface area contributed by atoms with Crippen LogP contribution in [0, 0.1) is 0 Å². The molecule has 0 spiro atoms. The number of nitrogens with zero attached hydrogens (tertiary/aromatic N) is 1. The average Bonchev–Trinajstić information content (AvgIpc) is 2.51. The Kier molecular flexibility index (Phi) is 4.53. The lowest BCUT2D eigenvalue weighted by Crippen LogP contribution is -2.36. The summed E-state index contributed by atoms with van der Waals surface area (Å²) in [5.41, 5.74) is 5.92. The SMILES string of the molecule is CON(C)C(c1ccc(Br)s1)C(C)N. The van der Waals surface area contributed by atoms with Crippen LogP contribution >= 0.6 is 27.3 Å². The van der Waals surface area contributed by atoms with Gasteiger partial charge in [0.15, 0.2) is 0 Å². The van der Waals surface area contributed by atoms with E-state index in [1.165, 1.54) is 4.88 Å². The molecule has 1 aromatic heterocycles. The second-order valence-electron chi connectivity index (χ2n) is 3.17. The van der Waals surface area contributed by atoms with Crippen molar-refractivity contribution in [3.8, 4) is 0 Å². The zero-order valence-electron chi connectivity index (χ0n) is 8.53. The number of rotatable bonds is 4. The highest BCUT2D eigenvalue weighted by Gasteiger charge is 2.22. The van der Waals surface area contributed by atoms with Gasteiger partial charge in [0.05, 0.1) is 16.9 Å². The summed E-state index contributed by atoms with van der Waals surface area (Å²) in [5.74, 6) is 0. The maximum atomic E-state index is 5.92. The first-order chi connectivity index (χ1) is 6.56. The molecule has 0 fully saturated rings. The third kappa shape index (κ3) is 2.77. The molecule has 3 nitrogen and oxygen atoms in total. The van der Waals surface area contributed by atoms with E-state index in [2.05, 4.69) is 22.0 Å². The standard InChI is InChI=1S/C9H15BrN2OS/c1-6(11)9(12(2)13-3)7-4-5-8(10)14-7/h4-6,9H,11H2,1-3H3. The van der Waals surface area contributed by atoms with Crippen molar-refractivity contribution in [3.05, 3.63) is 20.8 Å². The van der Waals surface area contributed by atoms with Gasteiger partial charge in [0.2, 0.25) is 0 Å². The van der Waals surface area contributed by atoms with Crippen LogP contribution in [0.25, 0.3) is 0 Å². The molecule has 0 bridgehead atoms. The number of hydrogen-bond acceptors (Lipinski definition) is 4. The first-order valence-corrected chi connectivity index (χ1v) is 5.95. The number of nitrogens with two attached hydrogens (primary N) is 1. The largest absolute Gasteiger partial charge is 0.326 e. The number of hydrogen-bond donors (Lipinski definition) is 1. The minimum Gasteiger partial charge on any atom is -0.326 e. The monoisotopic (exact) mass is 278 g/mol. The van der Waals surface area contributed by atoms with Gasteiger partial charge in [-0.1, -0.05) is 0 Å². The minimum absolute atomic E-state index is 0.0329. The third-order valence-corrected chi connectivity index (χ3v) is 3.76. The Labute approximate surface area is 96.9 Å². The maximum absolute atomic E-state index is 5.92. The van der Waals surface area contributed by atoms with Crippen LogP contribution < -0.4 is 5.73 Å². The van der Waals surface area contributed by atoms with E-state index in [1.54, 1.807) is 23.5 Å². The van der Waals surface area contributed by atoms with Crippen molar-refractivity contribution in [1.82, 2.24) is 5.06 Å². The van der Waals surface area contributed by atoms with Crippen LogP contribution in [0.3, 0.4) is 0 Å². The minimum atomic E-state index is 0.0329. The molecule has 2 unspecified atom stereocenters. The highest BCUT2D eigenvalue weighted by Crippen LogP contribution is 2.31. The van der Waals surface area contributed by atoms with Crippen LogP contribution in [0.1, 0.15) is 17.8 Å². The highest BCUT2D eigenvalue weighted by molar-refractivity contribution is 9.11. The van der Waals surface area contributed by atoms with Crippen molar-refractivity contribution in [2.75, 3.05) is 14.2 Å². The summed E-state index contributed by atoms with van der Waals surface area (Å²) in [6.07, 6.45) is 0. The van der Waals surface area contributed by atoms with Gasteiger partial charge in [0.1, 0.15) is 0 Å². The molecule has 0 aliphatic heterocycles. The third-order valence-electron chi connectivity index (χ3n) is 2.06. The molecule has 14 heavy (non-hydrogen) atoms. The first-order valence-electron chi connectivity index (χ1n) is 4.34. The van der Waals surface area contributed by atoms with E-state index in [9.17, 15) is 0 Å². The van der Waals surface area contributed by atoms with Crippen LogP contribution in [0.5, 0.6) is 0 Å². The fraction of sp³-hybridized carbons (Fsp3) is 0.556. The molecular formula is C9H15BrN2OS. The van der Waals surface area contributed by atoms with Crippen molar-refractivity contribution >= 4 is 27.3 Å². The van der Waals surface area contributed by atoms with Gasteiger partial charge in [-0.25, -0.2) is 0 Å². The van der Waals surface area contributed by atoms with Crippen LogP contribution in [0.2, 0.25) is 0 Å². The molecule has 80 valence electrons. The zero-order chi connectivity index (χ0) is 10.7. The first kappa shape index (κ1) is 12.1. The van der Waals surface area contributed by atoms with E-state index < -0.39 is 0 Å². The Morgan fingerprint density at radius 3 is 2.57 bits per heavy atom. The molecule has 0 saturated carbocycles. The van der Waals surface area contributed by atoms with Crippen LogP contribution in [0.15, 0.2) is 15.9 Å². The van der Waals surface area contributed by atoms with E-state index >= 15 is 0 Å². The Hall–Kier alpha value is 0.0600. The number of thiophene rings is 1. The fourth-order valence-electron chi connectivity index (χ4n) is 1.37. The summed E-state index contributed by atoms with van der Waals surface area (Å²) in [7, 11) is 3.54. The predicted molar refractivity (Wildman–Crippen MR) is 63.2 cm³/mol. The Morgan fingerprint density at radius 2 is 2.21 bits per heavy atom. The fourth-order valence-corrected chi connectivity index (χ4v) is 3.04. The van der Waals surface area contributed by atoms with Gasteiger partial charge >= 0.3 is 0 Å². The van der Waals surface area contributed by atoms with Gasteiger partial charge in [-0.15, -0.1) is 11.3 Å². The highest BCUT2D eigenvalue weighted by atomic mass is 79.9. The molecule has 1 aromatic rings. The quantitative estimate of drug-likeness (QED) is 0.860. The summed E-state index contributed by atoms with van der Waals surface area (Å²) >= 11 is 5.12. The van der Waals surface area contributed by atoms with Crippen molar-refractivity contribution in [1.29, 1.82) is 0 Å². The van der Waals surface area contributed by atoms with Crippen LogP contribution in [-0.2, 0) is 4.84 Å². The van der Waals surface area contributed by atoms with Gasteiger partial charge in [0, 0.05) is 18.0 Å². The number of hydroxylamine groups is 2. The summed E-state index contributed by atoms with van der Waals surface area (Å²) in [5, 5.41) is 1.78. The van der Waals surface area contributed by atoms with E-state index in [1.807, 2.05) is 20.0 Å². The normalized spacial score (nSPS) is 15.9. The molecule has 5 heteroatoms. The summed E-state index contributed by atoms with van der Waals surface area (Å²) in [6.45, 7) is 1.98. The van der Waals surface area contributed by atoms with Crippen molar-refractivity contribution in [2.45, 2.75) is 19.0 Å². The van der Waals surface area contributed by atoms with Gasteiger partial charge in [-0.3, -0.25) is 0 Å². The topological polar surface area (TPSA) is 38.5 Å². The molecule has 0 aromatic carbocycles. The van der Waals surface area contributed by atoms with Crippen molar-refractivity contribution in [2.24, 2.45) is 5.73 Å². The van der Waals surface area contributed by atoms with Gasteiger partial charge in [-0.2, -0.15) is 5.06 Å². The zero-order valence-corrected chi connectivity index (χ0v) is 10.9. The van der Waals surface area contributed by atoms with E-state index in [0.717, 1.165) is 3.79 Å². The molecule has 0 radical (unpaired) electrons.